The fourth-order valence-electron chi connectivity index (χ4n) is 1.62. The Hall–Kier alpha value is -0.540. The number of hydrogen-bond donors (Lipinski definition) is 1. The molecule has 0 amide bonds. The summed E-state index contributed by atoms with van der Waals surface area (Å²) in [4.78, 5) is 1.13. The topological polar surface area (TPSA) is 12.0 Å². The van der Waals surface area contributed by atoms with Crippen LogP contribution in [0.1, 0.15) is 16.5 Å². The summed E-state index contributed by atoms with van der Waals surface area (Å²) in [6.07, 6.45) is 0. The van der Waals surface area contributed by atoms with Crippen LogP contribution in [0.25, 0.3) is 0 Å². The van der Waals surface area contributed by atoms with E-state index in [1.54, 1.807) is 11.3 Å². The van der Waals surface area contributed by atoms with Crippen LogP contribution in [0.5, 0.6) is 0 Å². The van der Waals surface area contributed by atoms with E-state index in [2.05, 4.69) is 5.32 Å². The third kappa shape index (κ3) is 2.41. The molecule has 0 radical (unpaired) electrons. The number of thiophene rings is 1. The van der Waals surface area contributed by atoms with E-state index >= 15 is 0 Å². The van der Waals surface area contributed by atoms with Gasteiger partial charge in [-0.2, -0.15) is 0 Å². The van der Waals surface area contributed by atoms with Crippen molar-refractivity contribution in [1.29, 1.82) is 0 Å². The Labute approximate surface area is 109 Å². The Bertz CT molecular complexity index is 464. The van der Waals surface area contributed by atoms with Crippen molar-refractivity contribution < 1.29 is 0 Å². The van der Waals surface area contributed by atoms with Crippen LogP contribution in [0, 0.1) is 0 Å². The minimum absolute atomic E-state index is 0.129. The van der Waals surface area contributed by atoms with Gasteiger partial charge in [-0.05, 0) is 36.2 Å². The number of benzene rings is 1. The van der Waals surface area contributed by atoms with Crippen molar-refractivity contribution in [3.63, 3.8) is 0 Å². The third-order valence-corrected chi connectivity index (χ3v) is 4.07. The van der Waals surface area contributed by atoms with Crippen molar-refractivity contribution in [3.05, 3.63) is 56.2 Å². The molecule has 0 fully saturated rings. The molecular weight excluding hydrogens is 261 g/mol. The Kier molecular flexibility index (Phi) is 3.87. The van der Waals surface area contributed by atoms with Gasteiger partial charge in [-0.1, -0.05) is 35.3 Å². The van der Waals surface area contributed by atoms with Crippen LogP contribution in [-0.4, -0.2) is 7.05 Å². The van der Waals surface area contributed by atoms with Crippen molar-refractivity contribution in [2.45, 2.75) is 6.04 Å². The van der Waals surface area contributed by atoms with Gasteiger partial charge in [0.15, 0.2) is 0 Å². The molecule has 16 heavy (non-hydrogen) atoms. The van der Waals surface area contributed by atoms with E-state index in [1.807, 2.05) is 42.8 Å². The monoisotopic (exact) mass is 271 g/mol. The highest BCUT2D eigenvalue weighted by molar-refractivity contribution is 7.10. The van der Waals surface area contributed by atoms with Gasteiger partial charge in [0.2, 0.25) is 0 Å². The van der Waals surface area contributed by atoms with Gasteiger partial charge in [-0.25, -0.2) is 0 Å². The molecule has 0 saturated heterocycles. The normalized spacial score (nSPS) is 12.7. The van der Waals surface area contributed by atoms with E-state index in [1.165, 1.54) is 0 Å². The molecule has 1 atom stereocenters. The predicted octanol–water partition coefficient (Wildman–Crippen LogP) is 4.36. The summed E-state index contributed by atoms with van der Waals surface area (Å²) in [6.45, 7) is 0. The van der Waals surface area contributed by atoms with Gasteiger partial charge in [0.05, 0.1) is 11.1 Å². The highest BCUT2D eigenvalue weighted by atomic mass is 35.5. The standard InChI is InChI=1S/C12H11Cl2NS/c1-15-11(12-10(14)6-7-16-12)8-2-4-9(13)5-3-8/h2-7,11,15H,1H3. The summed E-state index contributed by atoms with van der Waals surface area (Å²) in [6, 6.07) is 9.86. The second-order valence-electron chi connectivity index (χ2n) is 3.41. The van der Waals surface area contributed by atoms with Crippen molar-refractivity contribution >= 4 is 34.5 Å². The lowest BCUT2D eigenvalue weighted by atomic mass is 10.1. The Balaban J connectivity index is 2.37. The Morgan fingerprint density at radius 3 is 2.31 bits per heavy atom. The summed E-state index contributed by atoms with van der Waals surface area (Å²) in [5, 5.41) is 6.81. The maximum Gasteiger partial charge on any atom is 0.0683 e. The van der Waals surface area contributed by atoms with Gasteiger partial charge >= 0.3 is 0 Å². The van der Waals surface area contributed by atoms with Crippen molar-refractivity contribution in [2.75, 3.05) is 7.05 Å². The first-order chi connectivity index (χ1) is 7.72. The van der Waals surface area contributed by atoms with Crippen molar-refractivity contribution in [3.8, 4) is 0 Å². The van der Waals surface area contributed by atoms with Gasteiger partial charge in [-0.3, -0.25) is 0 Å². The number of halogens is 2. The molecule has 1 unspecified atom stereocenters. The maximum atomic E-state index is 6.14. The Morgan fingerprint density at radius 1 is 1.12 bits per heavy atom. The maximum absolute atomic E-state index is 6.14. The summed E-state index contributed by atoms with van der Waals surface area (Å²) in [5.41, 5.74) is 1.16. The van der Waals surface area contributed by atoms with Crippen LogP contribution in [0.4, 0.5) is 0 Å². The minimum atomic E-state index is 0.129. The minimum Gasteiger partial charge on any atom is -0.309 e. The Morgan fingerprint density at radius 2 is 1.81 bits per heavy atom. The molecule has 0 aliphatic heterocycles. The first kappa shape index (κ1) is 11.9. The smallest absolute Gasteiger partial charge is 0.0683 e. The van der Waals surface area contributed by atoms with E-state index < -0.39 is 0 Å². The molecule has 1 nitrogen and oxygen atoms in total. The van der Waals surface area contributed by atoms with Crippen molar-refractivity contribution in [1.82, 2.24) is 5.32 Å². The zero-order valence-electron chi connectivity index (χ0n) is 8.71. The molecule has 1 aromatic heterocycles. The average Bonchev–Trinajstić information content (AvgIpc) is 2.69. The van der Waals surface area contributed by atoms with Crippen molar-refractivity contribution in [2.24, 2.45) is 0 Å². The average molecular weight is 272 g/mol. The zero-order valence-corrected chi connectivity index (χ0v) is 11.0. The molecule has 2 rings (SSSR count). The molecule has 1 heterocycles. The highest BCUT2D eigenvalue weighted by Crippen LogP contribution is 2.32. The van der Waals surface area contributed by atoms with E-state index in [0.29, 0.717) is 0 Å². The predicted molar refractivity (Wildman–Crippen MR) is 71.7 cm³/mol. The van der Waals surface area contributed by atoms with Crippen LogP contribution < -0.4 is 5.32 Å². The molecule has 0 aliphatic rings. The molecular formula is C12H11Cl2NS. The van der Waals surface area contributed by atoms with Gasteiger partial charge in [0, 0.05) is 9.90 Å². The molecule has 1 N–H and O–H groups in total. The summed E-state index contributed by atoms with van der Waals surface area (Å²) < 4.78 is 0. The molecule has 2 aromatic rings. The molecule has 0 aliphatic carbocycles. The summed E-state index contributed by atoms with van der Waals surface area (Å²) in [5.74, 6) is 0. The highest BCUT2D eigenvalue weighted by Gasteiger charge is 2.16. The molecule has 0 saturated carbocycles. The first-order valence-electron chi connectivity index (χ1n) is 4.88. The first-order valence-corrected chi connectivity index (χ1v) is 6.51. The molecule has 4 heteroatoms. The quantitative estimate of drug-likeness (QED) is 0.875. The van der Waals surface area contributed by atoms with Crippen LogP contribution in [0.3, 0.4) is 0 Å². The fourth-order valence-corrected chi connectivity index (χ4v) is 3.04. The number of hydrogen-bond acceptors (Lipinski definition) is 2. The lowest BCUT2D eigenvalue weighted by molar-refractivity contribution is 0.704. The van der Waals surface area contributed by atoms with Gasteiger partial charge in [0.1, 0.15) is 0 Å². The van der Waals surface area contributed by atoms with E-state index in [4.69, 9.17) is 23.2 Å². The van der Waals surface area contributed by atoms with Crippen LogP contribution >= 0.6 is 34.5 Å². The lowest BCUT2D eigenvalue weighted by Gasteiger charge is -2.15. The van der Waals surface area contributed by atoms with Crippen LogP contribution in [-0.2, 0) is 0 Å². The second kappa shape index (κ2) is 5.19. The number of nitrogens with one attached hydrogen (secondary N) is 1. The molecule has 0 bridgehead atoms. The second-order valence-corrected chi connectivity index (χ2v) is 5.20. The van der Waals surface area contributed by atoms with E-state index in [9.17, 15) is 0 Å². The zero-order chi connectivity index (χ0) is 11.5. The van der Waals surface area contributed by atoms with Crippen LogP contribution in [0.15, 0.2) is 35.7 Å². The molecule has 84 valence electrons. The van der Waals surface area contributed by atoms with E-state index in [-0.39, 0.29) is 6.04 Å². The summed E-state index contributed by atoms with van der Waals surface area (Å²) in [7, 11) is 1.93. The van der Waals surface area contributed by atoms with Gasteiger partial charge in [-0.15, -0.1) is 11.3 Å². The van der Waals surface area contributed by atoms with E-state index in [0.717, 1.165) is 20.5 Å². The third-order valence-electron chi connectivity index (χ3n) is 2.40. The van der Waals surface area contributed by atoms with Gasteiger partial charge in [0.25, 0.3) is 0 Å². The summed E-state index contributed by atoms with van der Waals surface area (Å²) >= 11 is 13.7. The molecule has 1 aromatic carbocycles. The lowest BCUT2D eigenvalue weighted by Crippen LogP contribution is -2.16. The van der Waals surface area contributed by atoms with Gasteiger partial charge < -0.3 is 5.32 Å². The molecule has 0 spiro atoms. The van der Waals surface area contributed by atoms with Crippen LogP contribution in [0.2, 0.25) is 10.0 Å². The SMILES string of the molecule is CNC(c1ccc(Cl)cc1)c1sccc1Cl. The number of rotatable bonds is 3. The largest absolute Gasteiger partial charge is 0.309 e. The fraction of sp³-hybridized carbons (Fsp3) is 0.167.